The van der Waals surface area contributed by atoms with Gasteiger partial charge in [-0.2, -0.15) is 0 Å². The second-order valence-electron chi connectivity index (χ2n) is 21.7. The van der Waals surface area contributed by atoms with E-state index >= 15 is 0 Å². The predicted molar refractivity (Wildman–Crippen MR) is 365 cm³/mol. The number of benzene rings is 14. The molecule has 86 heavy (non-hydrogen) atoms. The van der Waals surface area contributed by atoms with Crippen LogP contribution in [-0.2, 0) is 0 Å². The SMILES string of the molecule is c1ccc(-c2ccc(N(c3ccc(-c4ccccc4)cc3)c3ccc(-c4ccc(-c5ccc(-c6ccc(N(c7ccc(-c8ccccc8)cc7)c7ccc(-c8ccccc8)c(-c8ccccc8)c7)cc6)cc5)cc4-c4ccccc4)cc3)cc2)cc1. The number of nitrogens with zero attached hydrogens (tertiary/aromatic N) is 2. The molecule has 0 unspecified atom stereocenters. The van der Waals surface area contributed by atoms with Crippen LogP contribution >= 0.6 is 0 Å². The average Bonchev–Trinajstić information content (AvgIpc) is 2.75. The van der Waals surface area contributed by atoms with E-state index in [0.717, 1.165) is 61.9 Å². The highest BCUT2D eigenvalue weighted by molar-refractivity contribution is 5.91. The van der Waals surface area contributed by atoms with Crippen molar-refractivity contribution in [2.75, 3.05) is 9.80 Å². The van der Waals surface area contributed by atoms with Gasteiger partial charge in [0.05, 0.1) is 0 Å². The second kappa shape index (κ2) is 24.3. The molecule has 0 amide bonds. The maximum absolute atomic E-state index is 2.37. The van der Waals surface area contributed by atoms with Gasteiger partial charge in [-0.3, -0.25) is 0 Å². The van der Waals surface area contributed by atoms with E-state index in [0.29, 0.717) is 0 Å². The van der Waals surface area contributed by atoms with Gasteiger partial charge in [0.1, 0.15) is 0 Å². The average molecular weight is 1100 g/mol. The molecule has 0 atom stereocenters. The third kappa shape index (κ3) is 11.2. The summed E-state index contributed by atoms with van der Waals surface area (Å²) in [6, 6.07) is 132. The molecule has 0 aliphatic heterocycles. The fraction of sp³-hybridized carbons (Fsp3) is 0. The van der Waals surface area contributed by atoms with Crippen molar-refractivity contribution < 1.29 is 0 Å². The summed E-state index contributed by atoms with van der Waals surface area (Å²) < 4.78 is 0. The molecule has 14 aromatic rings. The van der Waals surface area contributed by atoms with Crippen LogP contribution < -0.4 is 9.80 Å². The Kier molecular flexibility index (Phi) is 14.9. The van der Waals surface area contributed by atoms with Gasteiger partial charge in [-0.25, -0.2) is 0 Å². The van der Waals surface area contributed by atoms with Crippen molar-refractivity contribution in [3.8, 4) is 100 Å². The number of rotatable bonds is 15. The first-order valence-corrected chi connectivity index (χ1v) is 29.5. The first kappa shape index (κ1) is 52.7. The molecule has 2 heteroatoms. The second-order valence-corrected chi connectivity index (χ2v) is 21.7. The Morgan fingerprint density at radius 3 is 0.628 bits per heavy atom. The van der Waals surface area contributed by atoms with Crippen LogP contribution in [0.25, 0.3) is 100 Å². The molecule has 0 spiro atoms. The molecule has 0 aliphatic carbocycles. The van der Waals surface area contributed by atoms with Crippen molar-refractivity contribution in [3.05, 3.63) is 364 Å². The van der Waals surface area contributed by atoms with Crippen molar-refractivity contribution in [1.29, 1.82) is 0 Å². The highest BCUT2D eigenvalue weighted by Gasteiger charge is 2.19. The Morgan fingerprint density at radius 1 is 0.116 bits per heavy atom. The van der Waals surface area contributed by atoms with Crippen molar-refractivity contribution >= 4 is 34.1 Å². The molecule has 0 radical (unpaired) electrons. The summed E-state index contributed by atoms with van der Waals surface area (Å²) >= 11 is 0. The molecule has 0 saturated carbocycles. The molecule has 14 aromatic carbocycles. The Morgan fingerprint density at radius 2 is 0.302 bits per heavy atom. The highest BCUT2D eigenvalue weighted by Crippen LogP contribution is 2.44. The van der Waals surface area contributed by atoms with Crippen molar-refractivity contribution in [3.63, 3.8) is 0 Å². The van der Waals surface area contributed by atoms with Crippen LogP contribution in [0.2, 0.25) is 0 Å². The Balaban J connectivity index is 0.765. The summed E-state index contributed by atoms with van der Waals surface area (Å²) in [5.41, 5.74) is 27.7. The third-order valence-electron chi connectivity index (χ3n) is 16.3. The van der Waals surface area contributed by atoms with Gasteiger partial charge in [-0.05, 0) is 179 Å². The van der Waals surface area contributed by atoms with E-state index in [1.807, 2.05) is 0 Å². The van der Waals surface area contributed by atoms with Gasteiger partial charge in [-0.15, -0.1) is 0 Å². The molecule has 0 fully saturated rings. The molecule has 0 aromatic heterocycles. The summed E-state index contributed by atoms with van der Waals surface area (Å²) in [7, 11) is 0. The first-order chi connectivity index (χ1) is 42.6. The van der Waals surface area contributed by atoms with Gasteiger partial charge in [0, 0.05) is 34.1 Å². The van der Waals surface area contributed by atoms with E-state index in [4.69, 9.17) is 0 Å². The number of hydrogen-bond acceptors (Lipinski definition) is 2. The van der Waals surface area contributed by atoms with Crippen LogP contribution in [0.15, 0.2) is 364 Å². The predicted octanol–water partition coefficient (Wildman–Crippen LogP) is 23.6. The van der Waals surface area contributed by atoms with Crippen LogP contribution in [0.3, 0.4) is 0 Å². The maximum atomic E-state index is 2.37. The number of hydrogen-bond donors (Lipinski definition) is 0. The largest absolute Gasteiger partial charge is 0.311 e. The lowest BCUT2D eigenvalue weighted by atomic mass is 9.90. The molecule has 0 aliphatic rings. The van der Waals surface area contributed by atoms with Gasteiger partial charge < -0.3 is 9.80 Å². The van der Waals surface area contributed by atoms with Crippen LogP contribution in [0.4, 0.5) is 34.1 Å². The lowest BCUT2D eigenvalue weighted by Crippen LogP contribution is -2.10. The summed E-state index contributed by atoms with van der Waals surface area (Å²) in [6.45, 7) is 0. The van der Waals surface area contributed by atoms with E-state index in [1.165, 1.54) is 72.3 Å². The molecular formula is C84H60N2. The third-order valence-corrected chi connectivity index (χ3v) is 16.3. The topological polar surface area (TPSA) is 6.48 Å². The number of anilines is 6. The zero-order valence-corrected chi connectivity index (χ0v) is 47.5. The van der Waals surface area contributed by atoms with Crippen molar-refractivity contribution in [2.24, 2.45) is 0 Å². The molecule has 406 valence electrons. The van der Waals surface area contributed by atoms with Crippen LogP contribution in [0.5, 0.6) is 0 Å². The van der Waals surface area contributed by atoms with Gasteiger partial charge in [-0.1, -0.05) is 285 Å². The van der Waals surface area contributed by atoms with Gasteiger partial charge in [0.2, 0.25) is 0 Å². The molecule has 0 saturated heterocycles. The zero-order valence-electron chi connectivity index (χ0n) is 47.5. The maximum Gasteiger partial charge on any atom is 0.0468 e. The molecule has 0 bridgehead atoms. The van der Waals surface area contributed by atoms with E-state index < -0.39 is 0 Å². The summed E-state index contributed by atoms with van der Waals surface area (Å²) in [5.74, 6) is 0. The van der Waals surface area contributed by atoms with Crippen LogP contribution in [0.1, 0.15) is 0 Å². The smallest absolute Gasteiger partial charge is 0.0468 e. The van der Waals surface area contributed by atoms with E-state index in [9.17, 15) is 0 Å². The lowest BCUT2D eigenvalue weighted by molar-refractivity contribution is 1.28. The minimum Gasteiger partial charge on any atom is -0.311 e. The Bertz CT molecular complexity index is 4430. The highest BCUT2D eigenvalue weighted by atomic mass is 15.1. The zero-order chi connectivity index (χ0) is 57.4. The minimum absolute atomic E-state index is 1.08. The van der Waals surface area contributed by atoms with Crippen LogP contribution in [0, 0.1) is 0 Å². The molecule has 2 nitrogen and oxygen atoms in total. The van der Waals surface area contributed by atoms with Crippen molar-refractivity contribution in [1.82, 2.24) is 0 Å². The first-order valence-electron chi connectivity index (χ1n) is 29.5. The van der Waals surface area contributed by atoms with Gasteiger partial charge in [0.25, 0.3) is 0 Å². The fourth-order valence-electron chi connectivity index (χ4n) is 11.9. The Hall–Kier alpha value is -11.3. The Labute approximate surface area is 505 Å². The normalized spacial score (nSPS) is 11.0. The molecular weight excluding hydrogens is 1040 g/mol. The molecule has 14 rings (SSSR count). The fourth-order valence-corrected chi connectivity index (χ4v) is 11.9. The molecule has 0 heterocycles. The van der Waals surface area contributed by atoms with Gasteiger partial charge >= 0.3 is 0 Å². The van der Waals surface area contributed by atoms with Crippen LogP contribution in [-0.4, -0.2) is 0 Å². The van der Waals surface area contributed by atoms with E-state index in [-0.39, 0.29) is 0 Å². The minimum atomic E-state index is 1.08. The van der Waals surface area contributed by atoms with Gasteiger partial charge in [0.15, 0.2) is 0 Å². The molecule has 0 N–H and O–H groups in total. The monoisotopic (exact) mass is 1100 g/mol. The summed E-state index contributed by atoms with van der Waals surface area (Å²) in [4.78, 5) is 4.72. The van der Waals surface area contributed by atoms with E-state index in [2.05, 4.69) is 374 Å². The summed E-state index contributed by atoms with van der Waals surface area (Å²) in [6.07, 6.45) is 0. The standard InChI is InChI=1S/C84H60N2/c1-7-19-61(20-8-1)65-35-46-75(47-36-65)85(76-48-37-66(38-49-76)62-21-9-2-10-22-62)77-54-43-73(44-55-77)81-57-45-74(59-83(81)71-27-15-5-16-28-71)69-33-31-64(32-34-69)68-41-52-79(53-42-68)86(78-50-39-67(40-51-78)63-23-11-3-12-24-63)80-56-58-82(70-25-13-4-14-26-70)84(60-80)72-29-17-6-18-30-72/h1-60H. The van der Waals surface area contributed by atoms with E-state index in [1.54, 1.807) is 0 Å². The van der Waals surface area contributed by atoms with Crippen molar-refractivity contribution in [2.45, 2.75) is 0 Å². The quantitative estimate of drug-likeness (QED) is 0.101. The summed E-state index contributed by atoms with van der Waals surface area (Å²) in [5, 5.41) is 0. The lowest BCUT2D eigenvalue weighted by Gasteiger charge is -2.27.